The quantitative estimate of drug-likeness (QED) is 0.539. The molecule has 4 nitrogen and oxygen atoms in total. The number of rotatable bonds is 3. The van der Waals surface area contributed by atoms with Crippen molar-refractivity contribution < 1.29 is 13.2 Å². The summed E-state index contributed by atoms with van der Waals surface area (Å²) in [7, 11) is -2.87. The molecule has 0 spiro atoms. The van der Waals surface area contributed by atoms with Crippen molar-refractivity contribution in [3.8, 4) is 0 Å². The fourth-order valence-corrected chi connectivity index (χ4v) is 1.17. The van der Waals surface area contributed by atoms with Gasteiger partial charge in [-0.3, -0.25) is 4.79 Å². The summed E-state index contributed by atoms with van der Waals surface area (Å²) in [6, 6.07) is 8.14. The van der Waals surface area contributed by atoms with E-state index in [1.807, 2.05) is 0 Å². The van der Waals surface area contributed by atoms with E-state index in [1.54, 1.807) is 30.3 Å². The van der Waals surface area contributed by atoms with Gasteiger partial charge >= 0.3 is 0 Å². The summed E-state index contributed by atoms with van der Waals surface area (Å²) >= 11 is 0. The van der Waals surface area contributed by atoms with Crippen LogP contribution in [0.1, 0.15) is 0 Å². The van der Waals surface area contributed by atoms with Gasteiger partial charge in [0.25, 0.3) is 0 Å². The van der Waals surface area contributed by atoms with Crippen molar-refractivity contribution in [3.05, 3.63) is 30.3 Å². The maximum atomic E-state index is 10.5. The minimum atomic E-state index is -2.87. The SMILES string of the molecule is O=CN(c1ccccc1)[SH](=O)=O. The van der Waals surface area contributed by atoms with Gasteiger partial charge in [-0.05, 0) is 12.1 Å². The van der Waals surface area contributed by atoms with Crippen LogP contribution in [0, 0.1) is 0 Å². The molecule has 64 valence electrons. The van der Waals surface area contributed by atoms with E-state index in [2.05, 4.69) is 0 Å². The second-order valence-corrected chi connectivity index (χ2v) is 2.93. The molecule has 12 heavy (non-hydrogen) atoms. The lowest BCUT2D eigenvalue weighted by Gasteiger charge is -2.07. The summed E-state index contributed by atoms with van der Waals surface area (Å²) in [4.78, 5) is 10.3. The van der Waals surface area contributed by atoms with E-state index in [0.717, 1.165) is 0 Å². The summed E-state index contributed by atoms with van der Waals surface area (Å²) in [5.74, 6) is 0. The van der Waals surface area contributed by atoms with Gasteiger partial charge in [-0.25, -0.2) is 12.7 Å². The van der Waals surface area contributed by atoms with Crippen molar-refractivity contribution in [2.45, 2.75) is 0 Å². The molecule has 0 fully saturated rings. The first-order valence-electron chi connectivity index (χ1n) is 3.19. The molecule has 0 aliphatic carbocycles. The molecule has 1 aromatic carbocycles. The number of anilines is 1. The van der Waals surface area contributed by atoms with Crippen LogP contribution in [0.5, 0.6) is 0 Å². The number of amides is 1. The highest BCUT2D eigenvalue weighted by atomic mass is 32.2. The normalized spacial score (nSPS) is 9.75. The predicted molar refractivity (Wildman–Crippen MR) is 45.3 cm³/mol. The van der Waals surface area contributed by atoms with Crippen LogP contribution in [0.25, 0.3) is 0 Å². The summed E-state index contributed by atoms with van der Waals surface area (Å²) in [6.45, 7) is 0. The van der Waals surface area contributed by atoms with Gasteiger partial charge in [0.15, 0.2) is 0 Å². The molecule has 0 heterocycles. The molecular weight excluding hydrogens is 178 g/mol. The van der Waals surface area contributed by atoms with Gasteiger partial charge < -0.3 is 0 Å². The molecule has 0 atom stereocenters. The smallest absolute Gasteiger partial charge is 0.231 e. The molecule has 0 N–H and O–H groups in total. The average molecular weight is 185 g/mol. The lowest BCUT2D eigenvalue weighted by molar-refractivity contribution is -0.106. The van der Waals surface area contributed by atoms with Gasteiger partial charge in [0.05, 0.1) is 5.69 Å². The Morgan fingerprint density at radius 2 is 1.75 bits per heavy atom. The number of thiol groups is 1. The number of carbonyl (C=O) groups is 1. The number of benzene rings is 1. The van der Waals surface area contributed by atoms with E-state index in [1.165, 1.54) is 0 Å². The van der Waals surface area contributed by atoms with Gasteiger partial charge in [0.1, 0.15) is 0 Å². The van der Waals surface area contributed by atoms with Crippen LogP contribution in [0.15, 0.2) is 30.3 Å². The highest BCUT2D eigenvalue weighted by molar-refractivity contribution is 7.74. The zero-order valence-electron chi connectivity index (χ0n) is 6.08. The predicted octanol–water partition coefficient (Wildman–Crippen LogP) is 0.176. The van der Waals surface area contributed by atoms with Crippen LogP contribution in [0.4, 0.5) is 5.69 Å². The Hall–Kier alpha value is -1.36. The monoisotopic (exact) mass is 185 g/mol. The van der Waals surface area contributed by atoms with E-state index in [9.17, 15) is 13.2 Å². The van der Waals surface area contributed by atoms with Crippen molar-refractivity contribution in [2.24, 2.45) is 0 Å². The van der Waals surface area contributed by atoms with E-state index in [4.69, 9.17) is 0 Å². The second-order valence-electron chi connectivity index (χ2n) is 2.02. The van der Waals surface area contributed by atoms with Crippen LogP contribution in [-0.2, 0) is 15.7 Å². The van der Waals surface area contributed by atoms with Crippen LogP contribution in [-0.4, -0.2) is 14.8 Å². The first kappa shape index (κ1) is 8.73. The summed E-state index contributed by atoms with van der Waals surface area (Å²) in [5.41, 5.74) is 0.351. The van der Waals surface area contributed by atoms with E-state index >= 15 is 0 Å². The number of para-hydroxylation sites is 1. The Bertz CT molecular complexity index is 326. The lowest BCUT2D eigenvalue weighted by Crippen LogP contribution is -2.17. The molecule has 0 unspecified atom stereocenters. The van der Waals surface area contributed by atoms with Gasteiger partial charge in [-0.15, -0.1) is 0 Å². The molecule has 0 saturated heterocycles. The maximum Gasteiger partial charge on any atom is 0.231 e. The van der Waals surface area contributed by atoms with Crippen LogP contribution < -0.4 is 4.31 Å². The van der Waals surface area contributed by atoms with Crippen molar-refractivity contribution >= 4 is 23.0 Å². The number of hydrogen-bond donors (Lipinski definition) is 1. The Morgan fingerprint density at radius 1 is 1.17 bits per heavy atom. The third kappa shape index (κ3) is 1.82. The molecule has 0 aliphatic heterocycles. The average Bonchev–Trinajstić information content (AvgIpc) is 2.07. The van der Waals surface area contributed by atoms with Gasteiger partial charge in [-0.1, -0.05) is 18.2 Å². The molecular formula is C7H7NO3S. The molecule has 0 saturated carbocycles. The fraction of sp³-hybridized carbons (Fsp3) is 0. The van der Waals surface area contributed by atoms with Crippen molar-refractivity contribution in [3.63, 3.8) is 0 Å². The minimum absolute atomic E-state index is 0.265. The maximum absolute atomic E-state index is 10.5. The van der Waals surface area contributed by atoms with Crippen LogP contribution in [0.3, 0.4) is 0 Å². The second kappa shape index (κ2) is 3.87. The molecule has 1 aromatic rings. The number of carbonyl (C=O) groups excluding carboxylic acids is 1. The van der Waals surface area contributed by atoms with Crippen molar-refractivity contribution in [1.29, 1.82) is 0 Å². The molecule has 1 rings (SSSR count). The third-order valence-electron chi connectivity index (χ3n) is 1.30. The Kier molecular flexibility index (Phi) is 2.82. The topological polar surface area (TPSA) is 54.5 Å². The summed E-state index contributed by atoms with van der Waals surface area (Å²) in [5, 5.41) is 0. The molecule has 5 heteroatoms. The Labute approximate surface area is 71.5 Å². The number of nitrogens with zero attached hydrogens (tertiary/aromatic N) is 1. The molecule has 0 aliphatic rings. The minimum Gasteiger partial charge on any atom is -0.277 e. The summed E-state index contributed by atoms with van der Waals surface area (Å²) < 4.78 is 21.6. The number of hydrogen-bond acceptors (Lipinski definition) is 3. The molecule has 1 amide bonds. The van der Waals surface area contributed by atoms with E-state index in [-0.39, 0.29) is 6.41 Å². The first-order valence-corrected chi connectivity index (χ1v) is 4.32. The largest absolute Gasteiger partial charge is 0.277 e. The molecule has 0 radical (unpaired) electrons. The highest BCUT2D eigenvalue weighted by Gasteiger charge is 2.04. The first-order chi connectivity index (χ1) is 5.75. The van der Waals surface area contributed by atoms with E-state index < -0.39 is 10.9 Å². The molecule has 0 bridgehead atoms. The van der Waals surface area contributed by atoms with Crippen LogP contribution in [0.2, 0.25) is 0 Å². The van der Waals surface area contributed by atoms with Crippen LogP contribution >= 0.6 is 0 Å². The third-order valence-corrected chi connectivity index (χ3v) is 1.97. The Morgan fingerprint density at radius 3 is 2.17 bits per heavy atom. The zero-order chi connectivity index (χ0) is 8.97. The van der Waals surface area contributed by atoms with Gasteiger partial charge in [0.2, 0.25) is 17.3 Å². The highest BCUT2D eigenvalue weighted by Crippen LogP contribution is 2.10. The lowest BCUT2D eigenvalue weighted by atomic mass is 10.3. The van der Waals surface area contributed by atoms with Crippen molar-refractivity contribution in [1.82, 2.24) is 0 Å². The van der Waals surface area contributed by atoms with E-state index in [0.29, 0.717) is 9.99 Å². The summed E-state index contributed by atoms with van der Waals surface area (Å²) in [6.07, 6.45) is 0.265. The van der Waals surface area contributed by atoms with Gasteiger partial charge in [-0.2, -0.15) is 0 Å². The Balaban J connectivity index is 3.03. The van der Waals surface area contributed by atoms with Gasteiger partial charge in [0, 0.05) is 0 Å². The molecule has 0 aromatic heterocycles. The standard InChI is InChI=1S/C7H7NO3S/c9-6-8(12(10)11)7-4-2-1-3-5-7/h1-6,12H. The zero-order valence-corrected chi connectivity index (χ0v) is 6.98. The van der Waals surface area contributed by atoms with Crippen molar-refractivity contribution in [2.75, 3.05) is 4.31 Å². The fourth-order valence-electron chi connectivity index (χ4n) is 0.774.